The topological polar surface area (TPSA) is 119 Å². The van der Waals surface area contributed by atoms with Gasteiger partial charge in [0.15, 0.2) is 0 Å². The number of fused-ring (bicyclic) bond motifs is 8. The van der Waals surface area contributed by atoms with E-state index in [1.54, 1.807) is 37.2 Å². The second-order valence-corrected chi connectivity index (χ2v) is 13.1. The van der Waals surface area contributed by atoms with Crippen molar-refractivity contribution in [2.45, 2.75) is 0 Å². The van der Waals surface area contributed by atoms with Crippen molar-refractivity contribution in [3.63, 3.8) is 0 Å². The summed E-state index contributed by atoms with van der Waals surface area (Å²) in [7, 11) is 3.91. The third-order valence-corrected chi connectivity index (χ3v) is 9.34. The van der Waals surface area contributed by atoms with Gasteiger partial charge in [-0.25, -0.2) is 19.9 Å². The fourth-order valence-corrected chi connectivity index (χ4v) is 6.69. The summed E-state index contributed by atoms with van der Waals surface area (Å²) < 4.78 is 0. The van der Waals surface area contributed by atoms with Gasteiger partial charge in [-0.1, -0.05) is 96.5 Å². The molecule has 0 atom stereocenters. The first-order chi connectivity index (χ1) is 28.6. The molecule has 0 saturated carbocycles. The van der Waals surface area contributed by atoms with Gasteiger partial charge in [0.05, 0.1) is 0 Å². The number of nitrogens with zero attached hydrogens (tertiary/aromatic N) is 12. The van der Waals surface area contributed by atoms with Gasteiger partial charge < -0.3 is 39.5 Å². The molecule has 0 aliphatic carbocycles. The zero-order valence-electron chi connectivity index (χ0n) is 32.2. The van der Waals surface area contributed by atoms with E-state index in [2.05, 4.69) is 76.3 Å². The summed E-state index contributed by atoms with van der Waals surface area (Å²) in [4.78, 5) is 42.3. The van der Waals surface area contributed by atoms with E-state index >= 15 is 0 Å². The summed E-state index contributed by atoms with van der Waals surface area (Å²) in [5.74, 6) is 3.40. The van der Waals surface area contributed by atoms with Crippen LogP contribution in [0, 0.1) is 25.5 Å². The number of benzene rings is 4. The normalized spacial score (nSPS) is 12.3. The van der Waals surface area contributed by atoms with Crippen LogP contribution >= 0.6 is 0 Å². The Labute approximate surface area is 375 Å². The fourth-order valence-electron chi connectivity index (χ4n) is 6.69. The molecule has 0 unspecified atom stereocenters. The van der Waals surface area contributed by atoms with Crippen LogP contribution in [0.25, 0.3) is 43.9 Å². The molecule has 12 nitrogen and oxygen atoms in total. The molecule has 0 N–H and O–H groups in total. The van der Waals surface area contributed by atoms with Gasteiger partial charge in [0.25, 0.3) is 0 Å². The van der Waals surface area contributed by atoms with Crippen LogP contribution in [-0.4, -0.2) is 44.0 Å². The summed E-state index contributed by atoms with van der Waals surface area (Å²) in [6, 6.07) is 46.2. The molecule has 4 aromatic carbocycles. The van der Waals surface area contributed by atoms with Crippen LogP contribution in [0.1, 0.15) is 0 Å². The Bertz CT molecular complexity index is 2640. The first-order valence-corrected chi connectivity index (χ1v) is 18.4. The molecule has 10 aromatic rings. The second kappa shape index (κ2) is 19.1. The quantitative estimate of drug-likeness (QED) is 0.154. The monoisotopic (exact) mass is 1140 g/mol. The van der Waals surface area contributed by atoms with E-state index in [1.165, 1.54) is 10.8 Å². The zero-order chi connectivity index (χ0) is 39.3. The minimum atomic E-state index is 0. The Balaban J connectivity index is 0.000000120. The average molecular weight is 1150 g/mol. The van der Waals surface area contributed by atoms with Crippen LogP contribution in [0.5, 0.6) is 0 Å². The van der Waals surface area contributed by atoms with Gasteiger partial charge in [0.1, 0.15) is 23.3 Å². The maximum atomic E-state index is 4.40. The van der Waals surface area contributed by atoms with E-state index in [0.29, 0.717) is 0 Å². The molecule has 6 aromatic heterocycles. The number of anilines is 6. The molecular weight excluding hydrogens is 1110 g/mol. The first-order valence-electron chi connectivity index (χ1n) is 18.4. The second-order valence-electron chi connectivity index (χ2n) is 13.1. The molecule has 14 heteroatoms. The Morgan fingerprint density at radius 3 is 1.22 bits per heavy atom. The maximum absolute atomic E-state index is 4.40. The van der Waals surface area contributed by atoms with Gasteiger partial charge in [-0.3, -0.25) is 0 Å². The summed E-state index contributed by atoms with van der Waals surface area (Å²) in [5, 5.41) is 4.65. The Hall–Kier alpha value is -6.48. The minimum Gasteiger partial charge on any atom is -0.487 e. The van der Waals surface area contributed by atoms with Crippen molar-refractivity contribution >= 4 is 78.5 Å². The van der Waals surface area contributed by atoms with Crippen LogP contribution < -0.4 is 29.6 Å². The molecule has 0 fully saturated rings. The number of hydrogen-bond donors (Lipinski definition) is 0. The number of rotatable bonds is 2. The van der Waals surface area contributed by atoms with Crippen molar-refractivity contribution in [3.8, 4) is 0 Å². The van der Waals surface area contributed by atoms with Gasteiger partial charge in [0, 0.05) is 66.9 Å². The predicted octanol–water partition coefficient (Wildman–Crippen LogP) is 8.65. The van der Waals surface area contributed by atoms with E-state index in [-0.39, 0.29) is 42.1 Å². The zero-order valence-corrected chi connectivity index (χ0v) is 36.7. The molecule has 12 rings (SSSR count). The third-order valence-electron chi connectivity index (χ3n) is 9.34. The third kappa shape index (κ3) is 8.62. The maximum Gasteiger partial charge on any atom is 0.143 e. The first kappa shape index (κ1) is 41.7. The molecule has 2 aliphatic heterocycles. The van der Waals surface area contributed by atoms with Crippen LogP contribution in [0.3, 0.4) is 0 Å². The van der Waals surface area contributed by atoms with Crippen molar-refractivity contribution in [2.24, 2.45) is 0 Å². The summed E-state index contributed by atoms with van der Waals surface area (Å²) >= 11 is 0. The van der Waals surface area contributed by atoms with Crippen LogP contribution in [0.15, 0.2) is 159 Å². The Kier molecular flexibility index (Phi) is 13.2. The summed E-state index contributed by atoms with van der Waals surface area (Å²) in [6.45, 7) is 3.91. The van der Waals surface area contributed by atoms with Crippen LogP contribution in [0.4, 0.5) is 34.6 Å². The van der Waals surface area contributed by atoms with Crippen molar-refractivity contribution in [1.29, 1.82) is 0 Å². The number of para-hydroxylation sites is 4. The molecule has 304 valence electrons. The number of pyridine rings is 2. The van der Waals surface area contributed by atoms with Crippen molar-refractivity contribution in [1.82, 2.24) is 39.9 Å². The Morgan fingerprint density at radius 1 is 0.417 bits per heavy atom. The van der Waals surface area contributed by atoms with Crippen molar-refractivity contribution < 1.29 is 42.1 Å². The molecule has 0 spiro atoms. The Morgan fingerprint density at radius 2 is 0.800 bits per heavy atom. The van der Waals surface area contributed by atoms with E-state index < -0.39 is 0 Å². The van der Waals surface area contributed by atoms with Crippen molar-refractivity contribution in [2.75, 3.05) is 33.7 Å². The fraction of sp³-hybridized carbons (Fsp3) is 0.0435. The summed E-state index contributed by atoms with van der Waals surface area (Å²) in [6.07, 6.45) is 10.3. The molecular formula is C46H34N12Pt2-6. The van der Waals surface area contributed by atoms with Gasteiger partial charge in [-0.15, -0.1) is 24.7 Å². The molecule has 60 heavy (non-hydrogen) atoms. The van der Waals surface area contributed by atoms with Crippen LogP contribution in [0.2, 0.25) is 0 Å². The minimum absolute atomic E-state index is 0. The summed E-state index contributed by atoms with van der Waals surface area (Å²) in [5.41, 5.74) is 5.65. The molecule has 8 heterocycles. The van der Waals surface area contributed by atoms with E-state index in [1.807, 2.05) is 144 Å². The van der Waals surface area contributed by atoms with E-state index in [4.69, 9.17) is 0 Å². The van der Waals surface area contributed by atoms with E-state index in [0.717, 1.165) is 67.7 Å². The smallest absolute Gasteiger partial charge is 0.143 e. The van der Waals surface area contributed by atoms with Gasteiger partial charge >= 0.3 is 0 Å². The molecule has 2 aliphatic rings. The largest absolute Gasteiger partial charge is 0.487 e. The average Bonchev–Trinajstić information content (AvgIpc) is 4.05. The number of aromatic nitrogens is 8. The standard InChI is InChI=1S/2C12H10N4.2C11H7N2.2Pt/c2*1-15-9-16(10-5-3-2-4-6-10)12-11(15)13-7-8-14-12;2*1-2-6-10-8(4-1)9-5-3-7-12-11(9)13-10;;/h2*2-5,7-9H,1H3;2*1-7H;;/q2*-2;2*-1;;. The molecule has 0 radical (unpaired) electrons. The van der Waals surface area contributed by atoms with Gasteiger partial charge in [-0.05, 0) is 46.7 Å². The predicted molar refractivity (Wildman–Crippen MR) is 229 cm³/mol. The SMILES string of the molecule is CN1[CH-]N(c2[c-]cccc2)c2nccnc21.CN1[CH-]N(c2[c-]cccc2)c2nccnc21.[Pt].[Pt].c1ccc2c(c1)[n-]c1ncccc12.c1ccc2c(c1)[n-]c1ncccc12. The van der Waals surface area contributed by atoms with E-state index in [9.17, 15) is 0 Å². The van der Waals surface area contributed by atoms with Gasteiger partial charge in [-0.2, -0.15) is 60.7 Å². The molecule has 0 amide bonds. The molecule has 0 bridgehead atoms. The molecule has 0 saturated heterocycles. The van der Waals surface area contributed by atoms with Crippen LogP contribution in [-0.2, 0) is 42.1 Å². The van der Waals surface area contributed by atoms with Crippen molar-refractivity contribution in [3.05, 3.63) is 184 Å². The number of hydrogen-bond acceptors (Lipinski definition) is 10. The van der Waals surface area contributed by atoms with Gasteiger partial charge in [0.2, 0.25) is 0 Å².